The molecule has 0 amide bonds. The largest absolute Gasteiger partial charge is 0.311 e. The third-order valence-electron chi connectivity index (χ3n) is 3.79. The number of fused-ring (bicyclic) bond motifs is 3. The molecule has 0 saturated heterocycles. The van der Waals surface area contributed by atoms with Gasteiger partial charge in [0.1, 0.15) is 5.15 Å². The second-order valence-corrected chi connectivity index (χ2v) is 6.13. The first-order valence-electron chi connectivity index (χ1n) is 7.47. The van der Waals surface area contributed by atoms with Gasteiger partial charge in [0.25, 0.3) is 0 Å². The summed E-state index contributed by atoms with van der Waals surface area (Å²) in [6.45, 7) is 2.67. The van der Waals surface area contributed by atoms with E-state index in [1.54, 1.807) is 0 Å². The van der Waals surface area contributed by atoms with Gasteiger partial charge in [0.05, 0.1) is 5.52 Å². The Hall–Kier alpha value is -1.68. The minimum atomic E-state index is 0.584. The van der Waals surface area contributed by atoms with Crippen LogP contribution in [0.2, 0.25) is 5.15 Å². The molecule has 0 atom stereocenters. The maximum absolute atomic E-state index is 6.38. The van der Waals surface area contributed by atoms with Gasteiger partial charge < -0.3 is 10.2 Å². The maximum Gasteiger partial charge on any atom is 0.134 e. The molecule has 0 aliphatic heterocycles. The number of pyridine rings is 1. The normalized spacial score (nSPS) is 11.6. The molecule has 22 heavy (non-hydrogen) atoms. The van der Waals surface area contributed by atoms with Gasteiger partial charge >= 0.3 is 0 Å². The van der Waals surface area contributed by atoms with Crippen molar-refractivity contribution in [2.75, 3.05) is 27.2 Å². The molecule has 1 aromatic heterocycles. The minimum Gasteiger partial charge on any atom is -0.311 e. The third kappa shape index (κ3) is 3.22. The Labute approximate surface area is 135 Å². The summed E-state index contributed by atoms with van der Waals surface area (Å²) in [7, 11) is 4.13. The van der Waals surface area contributed by atoms with Crippen LogP contribution in [-0.4, -0.2) is 37.1 Å². The van der Waals surface area contributed by atoms with Crippen LogP contribution >= 0.6 is 11.6 Å². The summed E-state index contributed by atoms with van der Waals surface area (Å²) < 4.78 is 0. The van der Waals surface area contributed by atoms with Gasteiger partial charge in [-0.1, -0.05) is 48.0 Å². The monoisotopic (exact) mass is 313 g/mol. The van der Waals surface area contributed by atoms with Crippen LogP contribution in [0.15, 0.2) is 42.5 Å². The van der Waals surface area contributed by atoms with Crippen LogP contribution in [0.3, 0.4) is 0 Å². The van der Waals surface area contributed by atoms with E-state index in [-0.39, 0.29) is 0 Å². The molecule has 3 rings (SSSR count). The van der Waals surface area contributed by atoms with Gasteiger partial charge in [-0.2, -0.15) is 0 Å². The lowest BCUT2D eigenvalue weighted by molar-refractivity contribution is 0.400. The van der Waals surface area contributed by atoms with Crippen LogP contribution in [0, 0.1) is 0 Å². The fourth-order valence-electron chi connectivity index (χ4n) is 2.58. The van der Waals surface area contributed by atoms with Crippen molar-refractivity contribution in [3.05, 3.63) is 53.2 Å². The van der Waals surface area contributed by atoms with Crippen LogP contribution in [0.25, 0.3) is 21.7 Å². The highest BCUT2D eigenvalue weighted by Gasteiger charge is 2.07. The van der Waals surface area contributed by atoms with Gasteiger partial charge in [-0.15, -0.1) is 0 Å². The summed E-state index contributed by atoms with van der Waals surface area (Å²) in [5.41, 5.74) is 2.02. The number of nitrogens with zero attached hydrogens (tertiary/aromatic N) is 2. The van der Waals surface area contributed by atoms with E-state index in [0.717, 1.165) is 41.5 Å². The van der Waals surface area contributed by atoms with E-state index in [1.807, 2.05) is 12.1 Å². The van der Waals surface area contributed by atoms with Crippen molar-refractivity contribution in [1.29, 1.82) is 0 Å². The number of nitrogens with one attached hydrogen (secondary N) is 1. The van der Waals surface area contributed by atoms with Gasteiger partial charge in [-0.25, -0.2) is 4.98 Å². The van der Waals surface area contributed by atoms with Gasteiger partial charge in [-0.05, 0) is 25.5 Å². The van der Waals surface area contributed by atoms with Crippen molar-refractivity contribution in [1.82, 2.24) is 15.2 Å². The summed E-state index contributed by atoms with van der Waals surface area (Å²) >= 11 is 6.38. The van der Waals surface area contributed by atoms with Crippen molar-refractivity contribution < 1.29 is 0 Å². The number of halogens is 1. The van der Waals surface area contributed by atoms with E-state index in [9.17, 15) is 0 Å². The van der Waals surface area contributed by atoms with Crippen molar-refractivity contribution in [2.24, 2.45) is 0 Å². The average molecular weight is 314 g/mol. The molecule has 1 heterocycles. The quantitative estimate of drug-likeness (QED) is 0.442. The molecule has 0 bridgehead atoms. The lowest BCUT2D eigenvalue weighted by Gasteiger charge is -2.12. The third-order valence-corrected chi connectivity index (χ3v) is 4.11. The molecule has 3 aromatic rings. The average Bonchev–Trinajstić information content (AvgIpc) is 2.51. The molecule has 114 valence electrons. The van der Waals surface area contributed by atoms with Crippen molar-refractivity contribution in [2.45, 2.75) is 6.54 Å². The molecule has 4 heteroatoms. The smallest absolute Gasteiger partial charge is 0.134 e. The number of hydrogen-bond acceptors (Lipinski definition) is 3. The van der Waals surface area contributed by atoms with E-state index >= 15 is 0 Å². The second-order valence-electron chi connectivity index (χ2n) is 5.78. The van der Waals surface area contributed by atoms with Gasteiger partial charge in [-0.3, -0.25) is 0 Å². The van der Waals surface area contributed by atoms with E-state index in [0.29, 0.717) is 5.15 Å². The molecule has 0 fully saturated rings. The number of benzene rings is 2. The van der Waals surface area contributed by atoms with Crippen molar-refractivity contribution in [3.63, 3.8) is 0 Å². The van der Waals surface area contributed by atoms with Gasteiger partial charge in [0.2, 0.25) is 0 Å². The molecule has 0 spiro atoms. The first-order chi connectivity index (χ1) is 10.6. The Morgan fingerprint density at radius 1 is 1.09 bits per heavy atom. The Balaban J connectivity index is 1.90. The Bertz CT molecular complexity index is 799. The topological polar surface area (TPSA) is 28.2 Å². The highest BCUT2D eigenvalue weighted by Crippen LogP contribution is 2.27. The fraction of sp³-hybridized carbons (Fsp3) is 0.278. The molecular formula is C18H20ClN3. The van der Waals surface area contributed by atoms with Crippen molar-refractivity contribution in [3.8, 4) is 0 Å². The fourth-order valence-corrected chi connectivity index (χ4v) is 2.79. The first-order valence-corrected chi connectivity index (χ1v) is 7.85. The molecule has 2 aromatic carbocycles. The highest BCUT2D eigenvalue weighted by molar-refractivity contribution is 6.31. The zero-order chi connectivity index (χ0) is 15.5. The minimum absolute atomic E-state index is 0.584. The lowest BCUT2D eigenvalue weighted by Crippen LogP contribution is -2.26. The van der Waals surface area contributed by atoms with E-state index in [2.05, 4.69) is 59.6 Å². The van der Waals surface area contributed by atoms with Crippen LogP contribution in [0.1, 0.15) is 5.56 Å². The summed E-state index contributed by atoms with van der Waals surface area (Å²) in [6.07, 6.45) is 0. The summed E-state index contributed by atoms with van der Waals surface area (Å²) in [4.78, 5) is 6.78. The van der Waals surface area contributed by atoms with E-state index < -0.39 is 0 Å². The van der Waals surface area contributed by atoms with Gasteiger partial charge in [0.15, 0.2) is 0 Å². The molecule has 0 saturated carbocycles. The number of likely N-dealkylation sites (N-methyl/N-ethyl adjacent to an activating group) is 1. The lowest BCUT2D eigenvalue weighted by atomic mass is 10.1. The van der Waals surface area contributed by atoms with Crippen LogP contribution in [-0.2, 0) is 6.54 Å². The SMILES string of the molecule is CN(C)CCNCc1cc2ccc3ccccc3c2nc1Cl. The van der Waals surface area contributed by atoms with Crippen LogP contribution in [0.4, 0.5) is 0 Å². The molecule has 0 radical (unpaired) electrons. The summed E-state index contributed by atoms with van der Waals surface area (Å²) in [5, 5.41) is 7.46. The molecule has 0 aliphatic carbocycles. The zero-order valence-electron chi connectivity index (χ0n) is 12.9. The summed E-state index contributed by atoms with van der Waals surface area (Å²) in [5.74, 6) is 0. The predicted octanol–water partition coefficient (Wildman–Crippen LogP) is 3.69. The molecular weight excluding hydrogens is 294 g/mol. The molecule has 0 unspecified atom stereocenters. The Kier molecular flexibility index (Phi) is 4.57. The predicted molar refractivity (Wildman–Crippen MR) is 94.5 cm³/mol. The number of rotatable bonds is 5. The Morgan fingerprint density at radius 2 is 1.86 bits per heavy atom. The Morgan fingerprint density at radius 3 is 2.68 bits per heavy atom. The van der Waals surface area contributed by atoms with Gasteiger partial charge in [0, 0.05) is 36.0 Å². The second kappa shape index (κ2) is 6.61. The van der Waals surface area contributed by atoms with E-state index in [4.69, 9.17) is 11.6 Å². The van der Waals surface area contributed by atoms with Crippen molar-refractivity contribution >= 4 is 33.3 Å². The number of hydrogen-bond donors (Lipinski definition) is 1. The number of aromatic nitrogens is 1. The zero-order valence-corrected chi connectivity index (χ0v) is 13.7. The van der Waals surface area contributed by atoms with E-state index in [1.165, 1.54) is 5.39 Å². The highest BCUT2D eigenvalue weighted by atomic mass is 35.5. The van der Waals surface area contributed by atoms with Crippen LogP contribution < -0.4 is 5.32 Å². The maximum atomic E-state index is 6.38. The first kappa shape index (κ1) is 15.2. The molecule has 1 N–H and O–H groups in total. The molecule has 0 aliphatic rings. The standard InChI is InChI=1S/C18H20ClN3/c1-22(2)10-9-20-12-15-11-14-8-7-13-5-3-4-6-16(13)17(14)21-18(15)19/h3-8,11,20H,9-10,12H2,1-2H3. The molecule has 3 nitrogen and oxygen atoms in total. The summed E-state index contributed by atoms with van der Waals surface area (Å²) in [6, 6.07) is 14.7. The van der Waals surface area contributed by atoms with Crippen LogP contribution in [0.5, 0.6) is 0 Å².